The normalized spacial score (nSPS) is 22.0. The van der Waals surface area contributed by atoms with Crippen molar-refractivity contribution in [2.75, 3.05) is 0 Å². The fourth-order valence-electron chi connectivity index (χ4n) is 2.12. The molecular weight excluding hydrogens is 352 g/mol. The maximum Gasteiger partial charge on any atom is 0.144 e. The van der Waals surface area contributed by atoms with E-state index in [2.05, 4.69) is 23.0 Å². The van der Waals surface area contributed by atoms with Crippen molar-refractivity contribution < 1.29 is 8.42 Å². The molecule has 2 aliphatic carbocycles. The van der Waals surface area contributed by atoms with Gasteiger partial charge < -0.3 is 0 Å². The summed E-state index contributed by atoms with van der Waals surface area (Å²) in [5, 5.41) is 0. The van der Waals surface area contributed by atoms with Gasteiger partial charge in [-0.3, -0.25) is 0 Å². The lowest BCUT2D eigenvalue weighted by molar-refractivity contribution is 0.407. The van der Waals surface area contributed by atoms with Crippen LogP contribution in [0.1, 0.15) is 88.0 Å². The van der Waals surface area contributed by atoms with E-state index in [0.29, 0.717) is 5.92 Å². The zero-order valence-corrected chi connectivity index (χ0v) is 19.2. The lowest BCUT2D eigenvalue weighted by atomic mass is 10.0. The minimum Gasteiger partial charge on any atom is -0.242 e. The number of nitrogens with zero attached hydrogens (tertiary/aromatic N) is 1. The van der Waals surface area contributed by atoms with Crippen molar-refractivity contribution in [2.24, 2.45) is 16.2 Å². The van der Waals surface area contributed by atoms with Gasteiger partial charge >= 0.3 is 0 Å². The van der Waals surface area contributed by atoms with Gasteiger partial charge in [0.05, 0.1) is 20.5 Å². The van der Waals surface area contributed by atoms with Gasteiger partial charge in [0.25, 0.3) is 0 Å². The second-order valence-electron chi connectivity index (χ2n) is 9.85. The molecule has 0 spiro atoms. The topological polar surface area (TPSA) is 58.5 Å². The van der Waals surface area contributed by atoms with E-state index in [1.807, 2.05) is 48.5 Å². The van der Waals surface area contributed by atoms with Gasteiger partial charge in [-0.05, 0) is 99.8 Å². The van der Waals surface area contributed by atoms with Crippen molar-refractivity contribution in [2.45, 2.75) is 103 Å². The Morgan fingerprint density at radius 3 is 1.68 bits per heavy atom. The number of hydrogen-bond donors (Lipinski definition) is 1. The maximum absolute atomic E-state index is 11.8. The highest BCUT2D eigenvalue weighted by molar-refractivity contribution is 7.85. The molecule has 2 rings (SSSR count). The second kappa shape index (κ2) is 8.30. The molecule has 4 nitrogen and oxygen atoms in total. The highest BCUT2D eigenvalue weighted by Gasteiger charge is 2.40. The molecule has 2 atom stereocenters. The molecule has 0 aromatic heterocycles. The molecule has 6 heteroatoms. The van der Waals surface area contributed by atoms with Crippen molar-refractivity contribution in [1.29, 1.82) is 0 Å². The van der Waals surface area contributed by atoms with E-state index in [1.165, 1.54) is 25.7 Å². The third kappa shape index (κ3) is 8.44. The molecule has 0 heterocycles. The van der Waals surface area contributed by atoms with Crippen LogP contribution in [0.25, 0.3) is 0 Å². The third-order valence-electron chi connectivity index (χ3n) is 4.43. The van der Waals surface area contributed by atoms with Gasteiger partial charge in [-0.25, -0.2) is 13.1 Å². The first-order valence-corrected chi connectivity index (χ1v) is 11.6. The van der Waals surface area contributed by atoms with Crippen LogP contribution >= 0.6 is 0 Å². The summed E-state index contributed by atoms with van der Waals surface area (Å²) in [5.74, 6) is 1.36. The summed E-state index contributed by atoms with van der Waals surface area (Å²) in [6.45, 7) is 18.1. The van der Waals surface area contributed by atoms with E-state index in [-0.39, 0.29) is 15.0 Å². The quantitative estimate of drug-likeness (QED) is 0.700. The molecule has 0 saturated heterocycles. The SMILES string of the molecule is CC(=NS(=O)C(C)(C)C)C1CC1.CC(C)(NS(=O)C(C)(C)C)C1CC1. The predicted octanol–water partition coefficient (Wildman–Crippen LogP) is 4.55. The van der Waals surface area contributed by atoms with Crippen LogP contribution in [0.4, 0.5) is 0 Å². The zero-order valence-electron chi connectivity index (χ0n) is 17.6. The first-order chi connectivity index (χ1) is 11.1. The van der Waals surface area contributed by atoms with Crippen LogP contribution in [-0.4, -0.2) is 29.2 Å². The summed E-state index contributed by atoms with van der Waals surface area (Å²) in [7, 11) is -2.00. The Balaban J connectivity index is 0.000000251. The molecule has 2 saturated carbocycles. The molecule has 148 valence electrons. The van der Waals surface area contributed by atoms with Crippen molar-refractivity contribution in [3.63, 3.8) is 0 Å². The van der Waals surface area contributed by atoms with E-state index in [9.17, 15) is 8.42 Å². The van der Waals surface area contributed by atoms with Crippen molar-refractivity contribution in [3.8, 4) is 0 Å². The summed E-state index contributed by atoms with van der Waals surface area (Å²) >= 11 is 0. The first-order valence-electron chi connectivity index (χ1n) is 9.31. The molecule has 0 bridgehead atoms. The molecule has 25 heavy (non-hydrogen) atoms. The van der Waals surface area contributed by atoms with Crippen LogP contribution in [0.15, 0.2) is 4.40 Å². The lowest BCUT2D eigenvalue weighted by Gasteiger charge is -2.29. The fourth-order valence-corrected chi connectivity index (χ4v) is 3.76. The molecule has 2 unspecified atom stereocenters. The highest BCUT2D eigenvalue weighted by atomic mass is 32.2. The van der Waals surface area contributed by atoms with Crippen LogP contribution in [0, 0.1) is 11.8 Å². The minimum atomic E-state index is -1.06. The number of rotatable bonds is 5. The van der Waals surface area contributed by atoms with Gasteiger partial charge in [-0.15, -0.1) is 0 Å². The van der Waals surface area contributed by atoms with Crippen molar-refractivity contribution in [1.82, 2.24) is 4.72 Å². The maximum atomic E-state index is 11.8. The molecule has 0 aromatic carbocycles. The Kier molecular flexibility index (Phi) is 7.63. The Labute approximate surface area is 160 Å². The Hall–Kier alpha value is -0.0700. The smallest absolute Gasteiger partial charge is 0.144 e. The van der Waals surface area contributed by atoms with Gasteiger partial charge in [0.15, 0.2) is 0 Å². The summed E-state index contributed by atoms with van der Waals surface area (Å²) < 4.78 is 30.4. The predicted molar refractivity (Wildman–Crippen MR) is 112 cm³/mol. The summed E-state index contributed by atoms with van der Waals surface area (Å²) in [6, 6.07) is 0. The van der Waals surface area contributed by atoms with Crippen LogP contribution in [-0.2, 0) is 22.0 Å². The van der Waals surface area contributed by atoms with Gasteiger partial charge in [0.1, 0.15) is 11.0 Å². The van der Waals surface area contributed by atoms with Crippen LogP contribution in [0.2, 0.25) is 0 Å². The van der Waals surface area contributed by atoms with E-state index in [1.54, 1.807) is 0 Å². The van der Waals surface area contributed by atoms with Crippen LogP contribution < -0.4 is 4.72 Å². The van der Waals surface area contributed by atoms with Crippen LogP contribution in [0.5, 0.6) is 0 Å². The molecule has 0 radical (unpaired) electrons. The molecule has 0 aromatic rings. The summed E-state index contributed by atoms with van der Waals surface area (Å²) in [4.78, 5) is 0. The summed E-state index contributed by atoms with van der Waals surface area (Å²) in [5.41, 5.74) is 1.11. The third-order valence-corrected chi connectivity index (χ3v) is 7.75. The fraction of sp³-hybridized carbons (Fsp3) is 0.947. The second-order valence-corrected chi connectivity index (χ2v) is 13.7. The Morgan fingerprint density at radius 1 is 0.880 bits per heavy atom. The highest BCUT2D eigenvalue weighted by Crippen LogP contribution is 2.39. The Morgan fingerprint density at radius 2 is 1.36 bits per heavy atom. The van der Waals surface area contributed by atoms with Crippen LogP contribution in [0.3, 0.4) is 0 Å². The standard InChI is InChI=1S/C10H21NOS.C9H17NOS/c1-9(2,3)13(12)11-10(4,5)8-6-7-8;1-7(8-5-6-8)10-12(11)9(2,3)4/h8,11H,6-7H2,1-5H3;8H,5-6H2,1-4H3. The molecule has 1 N–H and O–H groups in total. The van der Waals surface area contributed by atoms with E-state index in [4.69, 9.17) is 0 Å². The molecule has 0 aliphatic heterocycles. The molecule has 2 aliphatic rings. The Bertz CT molecular complexity index is 535. The van der Waals surface area contributed by atoms with Gasteiger partial charge in [0, 0.05) is 11.3 Å². The number of nitrogens with one attached hydrogen (secondary N) is 1. The van der Waals surface area contributed by atoms with E-state index in [0.717, 1.165) is 11.6 Å². The van der Waals surface area contributed by atoms with Gasteiger partial charge in [-0.1, -0.05) is 0 Å². The van der Waals surface area contributed by atoms with Gasteiger partial charge in [0.2, 0.25) is 0 Å². The molecule has 2 fully saturated rings. The lowest BCUT2D eigenvalue weighted by Crippen LogP contribution is -2.47. The monoisotopic (exact) mass is 390 g/mol. The van der Waals surface area contributed by atoms with E-state index >= 15 is 0 Å². The number of hydrogen-bond acceptors (Lipinski definition) is 2. The molecular formula is C19H38N2O2S2. The van der Waals surface area contributed by atoms with Crippen molar-refractivity contribution in [3.05, 3.63) is 0 Å². The van der Waals surface area contributed by atoms with E-state index < -0.39 is 22.0 Å². The average Bonchev–Trinajstić information content (AvgIpc) is 3.27. The van der Waals surface area contributed by atoms with Gasteiger partial charge in [-0.2, -0.15) is 4.40 Å². The first kappa shape index (κ1) is 23.0. The average molecular weight is 391 g/mol. The summed E-state index contributed by atoms with van der Waals surface area (Å²) in [6.07, 6.45) is 5.02. The van der Waals surface area contributed by atoms with Crippen molar-refractivity contribution >= 4 is 27.7 Å². The largest absolute Gasteiger partial charge is 0.242 e. The minimum absolute atomic E-state index is 0.0398. The zero-order chi connectivity index (χ0) is 19.6. The molecule has 0 amide bonds.